The molecular weight excluding hydrogens is 415 g/mol. The number of hydrogen-bond acceptors (Lipinski definition) is 4. The Balaban J connectivity index is 1.53. The van der Waals surface area contributed by atoms with E-state index in [0.29, 0.717) is 8.68 Å². The molecule has 1 aromatic carbocycles. The molecular formula is C16H18BrFN2O2S2. The second kappa shape index (κ2) is 7.61. The number of thiophene rings is 1. The van der Waals surface area contributed by atoms with Gasteiger partial charge in [0.15, 0.2) is 0 Å². The largest absolute Gasteiger partial charge is 0.299 e. The Labute approximate surface area is 153 Å². The molecule has 0 spiro atoms. The molecule has 1 fully saturated rings. The summed E-state index contributed by atoms with van der Waals surface area (Å²) in [6.07, 6.45) is 1.54. The van der Waals surface area contributed by atoms with Gasteiger partial charge in [-0.1, -0.05) is 12.1 Å². The molecule has 0 bridgehead atoms. The molecule has 24 heavy (non-hydrogen) atoms. The van der Waals surface area contributed by atoms with E-state index >= 15 is 0 Å². The average Bonchev–Trinajstić information content (AvgIpc) is 3.08. The van der Waals surface area contributed by atoms with Crippen LogP contribution < -0.4 is 4.72 Å². The number of sulfonamides is 1. The van der Waals surface area contributed by atoms with E-state index in [4.69, 9.17) is 0 Å². The van der Waals surface area contributed by atoms with Gasteiger partial charge < -0.3 is 0 Å². The summed E-state index contributed by atoms with van der Waals surface area (Å²) in [4.78, 5) is 2.26. The maximum absolute atomic E-state index is 13.3. The van der Waals surface area contributed by atoms with Gasteiger partial charge in [-0.15, -0.1) is 11.3 Å². The summed E-state index contributed by atoms with van der Waals surface area (Å²) in [7, 11) is -3.40. The van der Waals surface area contributed by atoms with Crippen molar-refractivity contribution in [3.8, 4) is 0 Å². The fourth-order valence-electron chi connectivity index (χ4n) is 2.80. The van der Waals surface area contributed by atoms with Crippen LogP contribution in [-0.4, -0.2) is 32.4 Å². The highest BCUT2D eigenvalue weighted by Gasteiger charge is 2.25. The molecule has 8 heteroatoms. The molecule has 3 rings (SSSR count). The van der Waals surface area contributed by atoms with Crippen LogP contribution in [0.1, 0.15) is 18.4 Å². The molecule has 2 aromatic rings. The van der Waals surface area contributed by atoms with Gasteiger partial charge in [0.25, 0.3) is 0 Å². The van der Waals surface area contributed by atoms with Crippen molar-refractivity contribution in [2.45, 2.75) is 29.6 Å². The van der Waals surface area contributed by atoms with Crippen molar-refractivity contribution < 1.29 is 12.8 Å². The van der Waals surface area contributed by atoms with Crippen LogP contribution in [0.15, 0.2) is 44.4 Å². The highest BCUT2D eigenvalue weighted by Crippen LogP contribution is 2.21. The minimum Gasteiger partial charge on any atom is -0.299 e. The molecule has 0 atom stereocenters. The van der Waals surface area contributed by atoms with E-state index < -0.39 is 10.0 Å². The maximum Gasteiger partial charge on any atom is 0.250 e. The van der Waals surface area contributed by atoms with Crippen molar-refractivity contribution in [1.29, 1.82) is 0 Å². The third-order valence-electron chi connectivity index (χ3n) is 4.06. The lowest BCUT2D eigenvalue weighted by molar-refractivity contribution is 0.200. The Morgan fingerprint density at radius 1 is 1.29 bits per heavy atom. The monoisotopic (exact) mass is 432 g/mol. The number of likely N-dealkylation sites (tertiary alicyclic amines) is 1. The number of benzene rings is 1. The summed E-state index contributed by atoms with van der Waals surface area (Å²) in [6.45, 7) is 2.36. The van der Waals surface area contributed by atoms with Crippen LogP contribution in [0.5, 0.6) is 0 Å². The number of piperidine rings is 1. The highest BCUT2D eigenvalue weighted by atomic mass is 79.9. The van der Waals surface area contributed by atoms with E-state index in [2.05, 4.69) is 25.6 Å². The lowest BCUT2D eigenvalue weighted by Crippen LogP contribution is -2.44. The highest BCUT2D eigenvalue weighted by molar-refractivity contribution is 9.10. The summed E-state index contributed by atoms with van der Waals surface area (Å²) >= 11 is 4.43. The van der Waals surface area contributed by atoms with E-state index in [1.54, 1.807) is 29.6 Å². The first kappa shape index (κ1) is 18.0. The predicted octanol–water partition coefficient (Wildman–Crippen LogP) is 3.59. The van der Waals surface area contributed by atoms with Gasteiger partial charge >= 0.3 is 0 Å². The van der Waals surface area contributed by atoms with Crippen molar-refractivity contribution in [3.63, 3.8) is 0 Å². The van der Waals surface area contributed by atoms with Gasteiger partial charge in [-0.3, -0.25) is 4.90 Å². The zero-order chi connectivity index (χ0) is 17.2. The van der Waals surface area contributed by atoms with Crippen LogP contribution in [0.2, 0.25) is 0 Å². The van der Waals surface area contributed by atoms with E-state index in [1.165, 1.54) is 17.4 Å². The molecule has 0 aliphatic carbocycles. The number of rotatable bonds is 5. The lowest BCUT2D eigenvalue weighted by Gasteiger charge is -2.32. The van der Waals surface area contributed by atoms with Gasteiger partial charge in [0.2, 0.25) is 10.0 Å². The third-order valence-corrected chi connectivity index (χ3v) is 7.59. The molecule has 130 valence electrons. The molecule has 1 aliphatic rings. The first-order valence-electron chi connectivity index (χ1n) is 7.66. The first-order chi connectivity index (χ1) is 11.4. The van der Waals surface area contributed by atoms with Gasteiger partial charge in [0.05, 0.1) is 4.47 Å². The van der Waals surface area contributed by atoms with Crippen LogP contribution in [0.25, 0.3) is 0 Å². The summed E-state index contributed by atoms with van der Waals surface area (Å²) in [6, 6.07) is 8.36. The second-order valence-corrected chi connectivity index (χ2v) is 9.60. The van der Waals surface area contributed by atoms with Crippen molar-refractivity contribution in [2.75, 3.05) is 13.1 Å². The van der Waals surface area contributed by atoms with E-state index in [0.717, 1.165) is 38.0 Å². The molecule has 1 aromatic heterocycles. The zero-order valence-electron chi connectivity index (χ0n) is 12.9. The minimum atomic E-state index is -3.40. The first-order valence-corrected chi connectivity index (χ1v) is 10.8. The van der Waals surface area contributed by atoms with Gasteiger partial charge in [0.1, 0.15) is 10.0 Å². The fourth-order valence-corrected chi connectivity index (χ4v) is 5.54. The molecule has 4 nitrogen and oxygen atoms in total. The Morgan fingerprint density at radius 2 is 2.04 bits per heavy atom. The Bertz CT molecular complexity index is 788. The van der Waals surface area contributed by atoms with E-state index in [9.17, 15) is 12.8 Å². The summed E-state index contributed by atoms with van der Waals surface area (Å²) in [5, 5.41) is 1.76. The third kappa shape index (κ3) is 4.43. The van der Waals surface area contributed by atoms with Crippen LogP contribution >= 0.6 is 27.3 Å². The zero-order valence-corrected chi connectivity index (χ0v) is 16.1. The molecule has 0 unspecified atom stereocenters. The fraction of sp³-hybridized carbons (Fsp3) is 0.375. The van der Waals surface area contributed by atoms with Crippen molar-refractivity contribution in [2.24, 2.45) is 0 Å². The Hall–Kier alpha value is -0.800. The lowest BCUT2D eigenvalue weighted by atomic mass is 10.1. The van der Waals surface area contributed by atoms with Crippen molar-refractivity contribution >= 4 is 37.3 Å². The molecule has 1 saturated heterocycles. The number of nitrogens with zero attached hydrogens (tertiary/aromatic N) is 1. The molecule has 0 amide bonds. The number of nitrogens with one attached hydrogen (secondary N) is 1. The normalized spacial score (nSPS) is 17.2. The molecule has 1 N–H and O–H groups in total. The van der Waals surface area contributed by atoms with Gasteiger partial charge in [-0.05, 0) is 57.9 Å². The minimum absolute atomic E-state index is 0.0340. The number of hydrogen-bond donors (Lipinski definition) is 1. The van der Waals surface area contributed by atoms with Crippen molar-refractivity contribution in [1.82, 2.24) is 9.62 Å². The molecule has 1 aliphatic heterocycles. The van der Waals surface area contributed by atoms with Gasteiger partial charge in [0, 0.05) is 25.7 Å². The van der Waals surface area contributed by atoms with E-state index in [-0.39, 0.29) is 11.9 Å². The van der Waals surface area contributed by atoms with Crippen LogP contribution in [-0.2, 0) is 16.6 Å². The standard InChI is InChI=1S/C16H18BrFN2O2S2/c17-14-10-12(3-4-15(14)18)11-20-7-5-13(6-8-20)19-24(21,22)16-2-1-9-23-16/h1-4,9-10,13,19H,5-8,11H2. The van der Waals surface area contributed by atoms with Crippen molar-refractivity contribution in [3.05, 3.63) is 51.6 Å². The van der Waals surface area contributed by atoms with Gasteiger partial charge in [-0.2, -0.15) is 0 Å². The maximum atomic E-state index is 13.3. The van der Waals surface area contributed by atoms with E-state index in [1.807, 2.05) is 0 Å². The molecule has 0 saturated carbocycles. The summed E-state index contributed by atoms with van der Waals surface area (Å²) in [5.74, 6) is -0.263. The topological polar surface area (TPSA) is 49.4 Å². The van der Waals surface area contributed by atoms with Crippen LogP contribution in [0.3, 0.4) is 0 Å². The van der Waals surface area contributed by atoms with Gasteiger partial charge in [-0.25, -0.2) is 17.5 Å². The summed E-state index contributed by atoms with van der Waals surface area (Å²) in [5.41, 5.74) is 1.04. The smallest absolute Gasteiger partial charge is 0.250 e. The van der Waals surface area contributed by atoms with Crippen LogP contribution in [0, 0.1) is 5.82 Å². The summed E-state index contributed by atoms with van der Waals surface area (Å²) < 4.78 is 41.4. The SMILES string of the molecule is O=S(=O)(NC1CCN(Cc2ccc(F)c(Br)c2)CC1)c1cccs1. The second-order valence-electron chi connectivity index (χ2n) is 5.85. The number of halogens is 2. The molecule has 0 radical (unpaired) electrons. The Morgan fingerprint density at radius 3 is 2.67 bits per heavy atom. The Kier molecular flexibility index (Phi) is 5.71. The molecule has 2 heterocycles. The quantitative estimate of drug-likeness (QED) is 0.784. The van der Waals surface area contributed by atoms with Crippen LogP contribution in [0.4, 0.5) is 4.39 Å². The average molecular weight is 433 g/mol. The predicted molar refractivity (Wildman–Crippen MR) is 97.0 cm³/mol.